The first-order chi connectivity index (χ1) is 5.70. The monoisotopic (exact) mass is 162 g/mol. The Morgan fingerprint density at radius 3 is 2.83 bits per heavy atom. The maximum Gasteiger partial charge on any atom is 0.0855 e. The molecule has 0 bridgehead atoms. The fraction of sp³-hybridized carbons (Fsp3) is 0.300. The van der Waals surface area contributed by atoms with E-state index >= 15 is 0 Å². The van der Waals surface area contributed by atoms with Gasteiger partial charge in [-0.15, -0.1) is 0 Å². The Kier molecular flexibility index (Phi) is 2.86. The van der Waals surface area contributed by atoms with E-state index in [4.69, 9.17) is 5.73 Å². The third-order valence-electron chi connectivity index (χ3n) is 1.51. The second kappa shape index (κ2) is 3.90. The van der Waals surface area contributed by atoms with E-state index in [2.05, 4.69) is 24.9 Å². The average Bonchev–Trinajstić information content (AvgIpc) is 2.03. The molecule has 0 aromatic carbocycles. The molecule has 2 N–H and O–H groups in total. The van der Waals surface area contributed by atoms with E-state index in [9.17, 15) is 0 Å². The van der Waals surface area contributed by atoms with Crippen molar-refractivity contribution in [3.05, 3.63) is 30.1 Å². The molecule has 1 heterocycles. The van der Waals surface area contributed by atoms with Gasteiger partial charge in [0.25, 0.3) is 0 Å². The number of nitrogens with zero attached hydrogens (tertiary/aromatic N) is 1. The lowest BCUT2D eigenvalue weighted by Crippen LogP contribution is -1.91. The molecule has 0 aliphatic rings. The molecule has 1 aromatic heterocycles. The number of hydrogen-bond acceptors (Lipinski definition) is 2. The van der Waals surface area contributed by atoms with Gasteiger partial charge in [-0.05, 0) is 24.1 Å². The maximum absolute atomic E-state index is 5.69. The first-order valence-corrected chi connectivity index (χ1v) is 4.09. The van der Waals surface area contributed by atoms with Crippen molar-refractivity contribution in [2.75, 3.05) is 5.73 Å². The molecule has 0 radical (unpaired) electrons. The van der Waals surface area contributed by atoms with Gasteiger partial charge >= 0.3 is 0 Å². The molecular weight excluding hydrogens is 148 g/mol. The summed E-state index contributed by atoms with van der Waals surface area (Å²) >= 11 is 0. The summed E-state index contributed by atoms with van der Waals surface area (Å²) in [4.78, 5) is 4.14. The Hall–Kier alpha value is -1.31. The lowest BCUT2D eigenvalue weighted by molar-refractivity contribution is 0.836. The van der Waals surface area contributed by atoms with Gasteiger partial charge in [0.05, 0.1) is 11.4 Å². The highest BCUT2D eigenvalue weighted by molar-refractivity contribution is 5.60. The minimum atomic E-state index is 0.534. The summed E-state index contributed by atoms with van der Waals surface area (Å²) in [6.45, 7) is 4.24. The maximum atomic E-state index is 5.69. The summed E-state index contributed by atoms with van der Waals surface area (Å²) in [5.41, 5.74) is 7.28. The Labute approximate surface area is 73.1 Å². The molecule has 1 rings (SSSR count). The number of rotatable bonds is 2. The summed E-state index contributed by atoms with van der Waals surface area (Å²) in [6.07, 6.45) is 5.79. The van der Waals surface area contributed by atoms with Crippen molar-refractivity contribution in [2.45, 2.75) is 13.8 Å². The van der Waals surface area contributed by atoms with Crippen LogP contribution in [0.1, 0.15) is 19.5 Å². The standard InChI is InChI=1S/C10H14N2/c1-8(2)5-6-10-9(11)4-3-7-12-10/h3-8H,11H2,1-2H3/b6-5-. The van der Waals surface area contributed by atoms with Crippen LogP contribution in [0.2, 0.25) is 0 Å². The lowest BCUT2D eigenvalue weighted by Gasteiger charge is -1.98. The number of aromatic nitrogens is 1. The van der Waals surface area contributed by atoms with E-state index in [0.29, 0.717) is 5.92 Å². The van der Waals surface area contributed by atoms with Crippen molar-refractivity contribution in [3.63, 3.8) is 0 Å². The fourth-order valence-corrected chi connectivity index (χ4v) is 0.853. The molecule has 12 heavy (non-hydrogen) atoms. The molecule has 0 saturated heterocycles. The van der Waals surface area contributed by atoms with Crippen molar-refractivity contribution in [1.82, 2.24) is 4.98 Å². The highest BCUT2D eigenvalue weighted by atomic mass is 14.7. The number of hydrogen-bond donors (Lipinski definition) is 1. The second-order valence-corrected chi connectivity index (χ2v) is 3.08. The van der Waals surface area contributed by atoms with Gasteiger partial charge in [0.2, 0.25) is 0 Å². The average molecular weight is 162 g/mol. The Bertz CT molecular complexity index is 277. The van der Waals surface area contributed by atoms with Crippen LogP contribution in [0.5, 0.6) is 0 Å². The molecule has 64 valence electrons. The number of nitrogen functional groups attached to an aromatic ring is 1. The van der Waals surface area contributed by atoms with Crippen LogP contribution in [0.4, 0.5) is 5.69 Å². The van der Waals surface area contributed by atoms with E-state index in [1.54, 1.807) is 6.20 Å². The zero-order valence-corrected chi connectivity index (χ0v) is 7.49. The van der Waals surface area contributed by atoms with Gasteiger partial charge in [0.1, 0.15) is 0 Å². The third-order valence-corrected chi connectivity index (χ3v) is 1.51. The number of anilines is 1. The number of pyridine rings is 1. The third kappa shape index (κ3) is 2.38. The van der Waals surface area contributed by atoms with Crippen LogP contribution in [0.3, 0.4) is 0 Å². The molecule has 0 aliphatic carbocycles. The van der Waals surface area contributed by atoms with Gasteiger partial charge in [-0.25, -0.2) is 0 Å². The number of nitrogens with two attached hydrogens (primary N) is 1. The van der Waals surface area contributed by atoms with Gasteiger partial charge in [-0.3, -0.25) is 4.98 Å². The molecule has 0 unspecified atom stereocenters. The van der Waals surface area contributed by atoms with Crippen LogP contribution in [0, 0.1) is 5.92 Å². The summed E-state index contributed by atoms with van der Waals surface area (Å²) in [5, 5.41) is 0. The Morgan fingerprint density at radius 1 is 1.50 bits per heavy atom. The number of allylic oxidation sites excluding steroid dienone is 1. The summed E-state index contributed by atoms with van der Waals surface area (Å²) < 4.78 is 0. The Balaban J connectivity index is 2.82. The van der Waals surface area contributed by atoms with Crippen LogP contribution in [0.15, 0.2) is 24.4 Å². The predicted molar refractivity (Wildman–Crippen MR) is 52.5 cm³/mol. The molecule has 2 nitrogen and oxygen atoms in total. The van der Waals surface area contributed by atoms with Crippen molar-refractivity contribution in [1.29, 1.82) is 0 Å². The molecule has 0 aliphatic heterocycles. The van der Waals surface area contributed by atoms with Crippen molar-refractivity contribution in [3.8, 4) is 0 Å². The normalized spacial score (nSPS) is 11.2. The second-order valence-electron chi connectivity index (χ2n) is 3.08. The minimum Gasteiger partial charge on any atom is -0.397 e. The lowest BCUT2D eigenvalue weighted by atomic mass is 10.2. The van der Waals surface area contributed by atoms with Gasteiger partial charge < -0.3 is 5.73 Å². The molecule has 0 atom stereocenters. The van der Waals surface area contributed by atoms with Crippen molar-refractivity contribution in [2.24, 2.45) is 5.92 Å². The molecule has 0 fully saturated rings. The van der Waals surface area contributed by atoms with Crippen LogP contribution in [-0.2, 0) is 0 Å². The van der Waals surface area contributed by atoms with Gasteiger partial charge in [0.15, 0.2) is 0 Å². The minimum absolute atomic E-state index is 0.534. The predicted octanol–water partition coefficient (Wildman–Crippen LogP) is 2.33. The largest absolute Gasteiger partial charge is 0.397 e. The Morgan fingerprint density at radius 2 is 2.25 bits per heavy atom. The van der Waals surface area contributed by atoms with Crippen LogP contribution in [0.25, 0.3) is 6.08 Å². The quantitative estimate of drug-likeness (QED) is 0.724. The van der Waals surface area contributed by atoms with Crippen LogP contribution >= 0.6 is 0 Å². The van der Waals surface area contributed by atoms with Crippen molar-refractivity contribution >= 4 is 11.8 Å². The van der Waals surface area contributed by atoms with E-state index in [-0.39, 0.29) is 0 Å². The van der Waals surface area contributed by atoms with E-state index in [1.807, 2.05) is 18.2 Å². The molecule has 0 amide bonds. The van der Waals surface area contributed by atoms with E-state index < -0.39 is 0 Å². The van der Waals surface area contributed by atoms with Gasteiger partial charge in [-0.1, -0.05) is 19.9 Å². The molecule has 0 saturated carbocycles. The van der Waals surface area contributed by atoms with Crippen molar-refractivity contribution < 1.29 is 0 Å². The zero-order valence-electron chi connectivity index (χ0n) is 7.49. The molecule has 2 heteroatoms. The topological polar surface area (TPSA) is 38.9 Å². The fourth-order valence-electron chi connectivity index (χ4n) is 0.853. The van der Waals surface area contributed by atoms with Crippen LogP contribution in [-0.4, -0.2) is 4.98 Å². The molecule has 0 spiro atoms. The van der Waals surface area contributed by atoms with E-state index in [0.717, 1.165) is 11.4 Å². The van der Waals surface area contributed by atoms with Crippen LogP contribution < -0.4 is 5.73 Å². The highest BCUT2D eigenvalue weighted by Gasteiger charge is 1.93. The molecule has 1 aromatic rings. The van der Waals surface area contributed by atoms with Gasteiger partial charge in [-0.2, -0.15) is 0 Å². The van der Waals surface area contributed by atoms with E-state index in [1.165, 1.54) is 0 Å². The SMILES string of the molecule is CC(C)/C=C\c1ncccc1N. The highest BCUT2D eigenvalue weighted by Crippen LogP contribution is 2.09. The zero-order chi connectivity index (χ0) is 8.97. The summed E-state index contributed by atoms with van der Waals surface area (Å²) in [5.74, 6) is 0.534. The smallest absolute Gasteiger partial charge is 0.0855 e. The molecular formula is C10H14N2. The van der Waals surface area contributed by atoms with Gasteiger partial charge in [0, 0.05) is 6.20 Å². The first-order valence-electron chi connectivity index (χ1n) is 4.09. The first kappa shape index (κ1) is 8.78. The summed E-state index contributed by atoms with van der Waals surface area (Å²) in [7, 11) is 0. The summed E-state index contributed by atoms with van der Waals surface area (Å²) in [6, 6.07) is 3.69.